The van der Waals surface area contributed by atoms with E-state index in [-0.39, 0.29) is 22.7 Å². The van der Waals surface area contributed by atoms with Crippen LogP contribution in [0.15, 0.2) is 36.7 Å². The number of hydrogen-bond acceptors (Lipinski definition) is 6. The molecule has 1 aromatic carbocycles. The van der Waals surface area contributed by atoms with Crippen molar-refractivity contribution in [2.75, 3.05) is 11.9 Å². The van der Waals surface area contributed by atoms with Crippen molar-refractivity contribution in [1.82, 2.24) is 14.9 Å². The molecule has 4 rings (SSSR count). The number of primary amides is 1. The van der Waals surface area contributed by atoms with Gasteiger partial charge in [0.15, 0.2) is 5.01 Å². The second-order valence-electron chi connectivity index (χ2n) is 8.18. The maximum atomic E-state index is 13.1. The number of halogens is 3. The third-order valence-corrected chi connectivity index (χ3v) is 6.67. The number of nitrogens with zero attached hydrogens (tertiary/aromatic N) is 3. The van der Waals surface area contributed by atoms with Gasteiger partial charge in [-0.15, -0.1) is 11.3 Å². The summed E-state index contributed by atoms with van der Waals surface area (Å²) >= 11 is 0.557. The number of fused-ring (bicyclic) bond motifs is 1. The zero-order chi connectivity index (χ0) is 24.6. The molecule has 1 fully saturated rings. The Kier molecular flexibility index (Phi) is 6.26. The van der Waals surface area contributed by atoms with Crippen LogP contribution in [0.4, 0.5) is 18.9 Å². The summed E-state index contributed by atoms with van der Waals surface area (Å²) in [7, 11) is 0. The Bertz CT molecular complexity index is 1280. The molecule has 2 aromatic heterocycles. The van der Waals surface area contributed by atoms with Gasteiger partial charge >= 0.3 is 18.0 Å². The first-order valence-electron chi connectivity index (χ1n) is 10.4. The molecule has 2 unspecified atom stereocenters. The number of benzene rings is 1. The SMILES string of the molecule is CC1CCC(c2ccc3sc(C(F)(F)F)nc3c2)N(C(=O)C(=O)Nc2cncc(C(N)=O)c2)C1. The summed E-state index contributed by atoms with van der Waals surface area (Å²) in [5, 5.41) is 1.50. The summed E-state index contributed by atoms with van der Waals surface area (Å²) in [6, 6.07) is 5.58. The van der Waals surface area contributed by atoms with E-state index >= 15 is 0 Å². The first kappa shape index (κ1) is 23.6. The highest BCUT2D eigenvalue weighted by atomic mass is 32.1. The van der Waals surface area contributed by atoms with E-state index in [9.17, 15) is 27.6 Å². The number of alkyl halides is 3. The largest absolute Gasteiger partial charge is 0.443 e. The Hall–Kier alpha value is -3.54. The molecule has 0 bridgehead atoms. The molecule has 3 N–H and O–H groups in total. The van der Waals surface area contributed by atoms with Crippen molar-refractivity contribution in [2.24, 2.45) is 11.7 Å². The van der Waals surface area contributed by atoms with Crippen molar-refractivity contribution < 1.29 is 27.6 Å². The van der Waals surface area contributed by atoms with Gasteiger partial charge in [0.2, 0.25) is 5.91 Å². The fraction of sp³-hybridized carbons (Fsp3) is 0.318. The topological polar surface area (TPSA) is 118 Å². The summed E-state index contributed by atoms with van der Waals surface area (Å²) in [5.74, 6) is -2.31. The van der Waals surface area contributed by atoms with Gasteiger partial charge in [0.1, 0.15) is 0 Å². The molecule has 2 atom stereocenters. The predicted octanol–water partition coefficient (Wildman–Crippen LogP) is 3.75. The Morgan fingerprint density at radius 2 is 1.94 bits per heavy atom. The highest BCUT2D eigenvalue weighted by molar-refractivity contribution is 7.18. The quantitative estimate of drug-likeness (QED) is 0.541. The highest BCUT2D eigenvalue weighted by Gasteiger charge is 2.36. The van der Waals surface area contributed by atoms with Gasteiger partial charge in [-0.25, -0.2) is 4.98 Å². The number of anilines is 1. The minimum atomic E-state index is -4.54. The predicted molar refractivity (Wildman–Crippen MR) is 119 cm³/mol. The first-order valence-corrected chi connectivity index (χ1v) is 11.2. The van der Waals surface area contributed by atoms with Gasteiger partial charge in [0.25, 0.3) is 0 Å². The summed E-state index contributed by atoms with van der Waals surface area (Å²) in [4.78, 5) is 46.1. The van der Waals surface area contributed by atoms with Gasteiger partial charge in [-0.3, -0.25) is 19.4 Å². The van der Waals surface area contributed by atoms with E-state index < -0.39 is 34.9 Å². The number of aromatic nitrogens is 2. The maximum Gasteiger partial charge on any atom is 0.443 e. The molecule has 178 valence electrons. The fourth-order valence-corrected chi connectivity index (χ4v) is 4.77. The number of piperidine rings is 1. The summed E-state index contributed by atoms with van der Waals surface area (Å²) in [6.45, 7) is 2.26. The first-order chi connectivity index (χ1) is 16.0. The van der Waals surface area contributed by atoms with E-state index in [0.29, 0.717) is 34.6 Å². The molecule has 1 aliphatic rings. The van der Waals surface area contributed by atoms with E-state index in [1.165, 1.54) is 23.4 Å². The smallest absolute Gasteiger partial charge is 0.366 e. The van der Waals surface area contributed by atoms with Crippen LogP contribution in [0.1, 0.15) is 46.7 Å². The Morgan fingerprint density at radius 3 is 2.65 bits per heavy atom. The van der Waals surface area contributed by atoms with Crippen molar-refractivity contribution in [3.8, 4) is 0 Å². The lowest BCUT2D eigenvalue weighted by Crippen LogP contribution is -2.46. The molecule has 1 aliphatic heterocycles. The molecular weight excluding hydrogens is 471 g/mol. The molecule has 12 heteroatoms. The van der Waals surface area contributed by atoms with Gasteiger partial charge in [-0.05, 0) is 42.5 Å². The number of rotatable bonds is 3. The van der Waals surface area contributed by atoms with Crippen LogP contribution in [-0.2, 0) is 15.8 Å². The highest BCUT2D eigenvalue weighted by Crippen LogP contribution is 2.38. The molecule has 0 aliphatic carbocycles. The molecular formula is C22H20F3N5O3S. The third kappa shape index (κ3) is 4.86. The van der Waals surface area contributed by atoms with Crippen LogP contribution in [0.5, 0.6) is 0 Å². The zero-order valence-electron chi connectivity index (χ0n) is 17.9. The van der Waals surface area contributed by atoms with Crippen LogP contribution < -0.4 is 11.1 Å². The van der Waals surface area contributed by atoms with Crippen molar-refractivity contribution in [1.29, 1.82) is 0 Å². The number of likely N-dealkylation sites (tertiary alicyclic amines) is 1. The minimum absolute atomic E-state index is 0.0736. The van der Waals surface area contributed by atoms with Crippen LogP contribution >= 0.6 is 11.3 Å². The second kappa shape index (κ2) is 9.01. The number of carbonyl (C=O) groups excluding carboxylic acids is 3. The second-order valence-corrected chi connectivity index (χ2v) is 9.21. The van der Waals surface area contributed by atoms with Gasteiger partial charge in [0, 0.05) is 12.7 Å². The minimum Gasteiger partial charge on any atom is -0.366 e. The third-order valence-electron chi connectivity index (χ3n) is 5.59. The van der Waals surface area contributed by atoms with Crippen LogP contribution in [-0.4, -0.2) is 39.1 Å². The van der Waals surface area contributed by atoms with Gasteiger partial charge < -0.3 is 16.0 Å². The van der Waals surface area contributed by atoms with Crippen LogP contribution in [0.2, 0.25) is 0 Å². The molecule has 0 saturated carbocycles. The maximum absolute atomic E-state index is 13.1. The van der Waals surface area contributed by atoms with E-state index in [1.54, 1.807) is 18.2 Å². The lowest BCUT2D eigenvalue weighted by molar-refractivity contribution is -0.146. The molecule has 3 aromatic rings. The summed E-state index contributed by atoms with van der Waals surface area (Å²) in [5.41, 5.74) is 6.23. The number of thiazole rings is 1. The lowest BCUT2D eigenvalue weighted by Gasteiger charge is -2.38. The monoisotopic (exact) mass is 491 g/mol. The number of nitrogens with one attached hydrogen (secondary N) is 1. The Labute approximate surface area is 196 Å². The number of amides is 3. The number of nitrogens with two attached hydrogens (primary N) is 1. The average molecular weight is 491 g/mol. The molecule has 0 radical (unpaired) electrons. The lowest BCUT2D eigenvalue weighted by atomic mass is 9.89. The number of hydrogen-bond donors (Lipinski definition) is 2. The molecule has 3 heterocycles. The standard InChI is InChI=1S/C22H20F3N5O3S/c1-11-2-4-16(12-3-5-17-15(7-12)29-21(34-17)22(23,24)25)30(10-11)20(33)19(32)28-14-6-13(18(26)31)8-27-9-14/h3,5-9,11,16H,2,4,10H2,1H3,(H2,26,31)(H,28,32). The van der Waals surface area contributed by atoms with Crippen LogP contribution in [0.25, 0.3) is 10.2 Å². The molecule has 3 amide bonds. The van der Waals surface area contributed by atoms with Crippen LogP contribution in [0.3, 0.4) is 0 Å². The van der Waals surface area contributed by atoms with Crippen molar-refractivity contribution >= 4 is 45.0 Å². The molecule has 0 spiro atoms. The fourth-order valence-electron chi connectivity index (χ4n) is 3.95. The van der Waals surface area contributed by atoms with Crippen molar-refractivity contribution in [2.45, 2.75) is 32.0 Å². The van der Waals surface area contributed by atoms with Gasteiger partial charge in [-0.2, -0.15) is 13.2 Å². The van der Waals surface area contributed by atoms with E-state index in [2.05, 4.69) is 15.3 Å². The van der Waals surface area contributed by atoms with Crippen molar-refractivity contribution in [3.63, 3.8) is 0 Å². The molecule has 1 saturated heterocycles. The van der Waals surface area contributed by atoms with Gasteiger partial charge in [-0.1, -0.05) is 13.0 Å². The molecule has 8 nitrogen and oxygen atoms in total. The summed E-state index contributed by atoms with van der Waals surface area (Å²) in [6.07, 6.45) is -0.696. The molecule has 34 heavy (non-hydrogen) atoms. The van der Waals surface area contributed by atoms with Gasteiger partial charge in [0.05, 0.1) is 33.7 Å². The van der Waals surface area contributed by atoms with E-state index in [0.717, 1.165) is 6.42 Å². The van der Waals surface area contributed by atoms with Crippen molar-refractivity contribution in [3.05, 3.63) is 52.8 Å². The van der Waals surface area contributed by atoms with E-state index in [1.807, 2.05) is 6.92 Å². The zero-order valence-corrected chi connectivity index (χ0v) is 18.7. The number of carbonyl (C=O) groups is 3. The average Bonchev–Trinajstić information content (AvgIpc) is 3.23. The van der Waals surface area contributed by atoms with Crippen LogP contribution in [0, 0.1) is 5.92 Å². The van der Waals surface area contributed by atoms with E-state index in [4.69, 9.17) is 5.73 Å². The normalized spacial score (nSPS) is 18.6. The summed E-state index contributed by atoms with van der Waals surface area (Å²) < 4.78 is 39.5. The number of pyridine rings is 1. The Balaban J connectivity index is 1.59. The Morgan fingerprint density at radius 1 is 1.18 bits per heavy atom.